The summed E-state index contributed by atoms with van der Waals surface area (Å²) in [5.74, 6) is 1.09. The van der Waals surface area contributed by atoms with Gasteiger partial charge < -0.3 is 14.6 Å². The van der Waals surface area contributed by atoms with Crippen molar-refractivity contribution in [1.82, 2.24) is 19.5 Å². The largest absolute Gasteiger partial charge is 0.463 e. The van der Waals surface area contributed by atoms with Gasteiger partial charge in [0.05, 0.1) is 12.3 Å². The minimum atomic E-state index is -0.373. The molecule has 3 heterocycles. The van der Waals surface area contributed by atoms with Crippen molar-refractivity contribution in [2.45, 2.75) is 23.4 Å². The van der Waals surface area contributed by atoms with Gasteiger partial charge in [0, 0.05) is 42.3 Å². The Morgan fingerprint density at radius 2 is 2.15 bits per heavy atom. The molecule has 1 N–H and O–H groups in total. The lowest BCUT2D eigenvalue weighted by Gasteiger charge is -2.19. The highest BCUT2D eigenvalue weighted by atomic mass is 32.2. The molecule has 8 heteroatoms. The number of carbonyl (C=O) groups is 1. The molecule has 0 aliphatic carbocycles. The highest BCUT2D eigenvalue weighted by Gasteiger charge is 2.17. The second-order valence-corrected chi connectivity index (χ2v) is 6.80. The van der Waals surface area contributed by atoms with Crippen LogP contribution in [0.2, 0.25) is 0 Å². The Balaban J connectivity index is 1.52. The van der Waals surface area contributed by atoms with Crippen LogP contribution in [0.15, 0.2) is 59.0 Å². The zero-order valence-corrected chi connectivity index (χ0v) is 15.4. The van der Waals surface area contributed by atoms with E-state index in [9.17, 15) is 4.79 Å². The lowest BCUT2D eigenvalue weighted by Crippen LogP contribution is -2.06. The molecule has 0 atom stereocenters. The summed E-state index contributed by atoms with van der Waals surface area (Å²) < 4.78 is 6.88. The van der Waals surface area contributed by atoms with Crippen LogP contribution in [0.3, 0.4) is 0 Å². The summed E-state index contributed by atoms with van der Waals surface area (Å²) in [7, 11) is 0. The third-order valence-corrected chi connectivity index (χ3v) is 4.99. The molecular formula is C19H17N5O2S. The number of carbonyl (C=O) groups excluding carboxylic acids is 1. The molecule has 0 unspecified atom stereocenters. The van der Waals surface area contributed by atoms with Crippen molar-refractivity contribution in [3.63, 3.8) is 0 Å². The van der Waals surface area contributed by atoms with Crippen LogP contribution in [0.25, 0.3) is 6.08 Å². The lowest BCUT2D eigenvalue weighted by atomic mass is 10.2. The van der Waals surface area contributed by atoms with E-state index in [0.29, 0.717) is 19.0 Å². The van der Waals surface area contributed by atoms with Crippen molar-refractivity contribution >= 4 is 35.3 Å². The number of ether oxygens (including phenoxy) is 1. The number of nitrogens with zero attached hydrogens (tertiary/aromatic N) is 4. The van der Waals surface area contributed by atoms with Crippen LogP contribution in [0, 0.1) is 0 Å². The molecule has 0 radical (unpaired) electrons. The van der Waals surface area contributed by atoms with Crippen LogP contribution in [0.1, 0.15) is 18.3 Å². The maximum Gasteiger partial charge on any atom is 0.330 e. The van der Waals surface area contributed by atoms with Crippen molar-refractivity contribution in [3.8, 4) is 0 Å². The van der Waals surface area contributed by atoms with Crippen LogP contribution in [0.5, 0.6) is 0 Å². The summed E-state index contributed by atoms with van der Waals surface area (Å²) in [4.78, 5) is 25.6. The predicted molar refractivity (Wildman–Crippen MR) is 103 cm³/mol. The average Bonchev–Trinajstić information content (AvgIpc) is 3.12. The van der Waals surface area contributed by atoms with Gasteiger partial charge in [0.1, 0.15) is 10.9 Å². The first-order chi connectivity index (χ1) is 13.2. The molecule has 0 saturated carbocycles. The fourth-order valence-corrected chi connectivity index (χ4v) is 3.60. The Bertz CT molecular complexity index is 1010. The number of hydrogen-bond donors (Lipinski definition) is 1. The molecular weight excluding hydrogens is 362 g/mol. The minimum absolute atomic E-state index is 0.352. The van der Waals surface area contributed by atoms with Gasteiger partial charge in [-0.25, -0.2) is 19.7 Å². The molecule has 1 aliphatic rings. The van der Waals surface area contributed by atoms with E-state index in [2.05, 4.69) is 38.5 Å². The zero-order valence-electron chi connectivity index (χ0n) is 14.6. The summed E-state index contributed by atoms with van der Waals surface area (Å²) in [6.45, 7) is 2.76. The van der Waals surface area contributed by atoms with E-state index < -0.39 is 0 Å². The Morgan fingerprint density at radius 3 is 3.04 bits per heavy atom. The molecule has 3 aromatic rings. The summed E-state index contributed by atoms with van der Waals surface area (Å²) in [6.07, 6.45) is 10.0. The van der Waals surface area contributed by atoms with E-state index >= 15 is 0 Å². The molecule has 7 nitrogen and oxygen atoms in total. The van der Waals surface area contributed by atoms with Crippen LogP contribution in [-0.4, -0.2) is 32.1 Å². The van der Waals surface area contributed by atoms with Gasteiger partial charge in [-0.3, -0.25) is 0 Å². The van der Waals surface area contributed by atoms with E-state index in [1.165, 1.54) is 6.08 Å². The molecule has 2 aromatic heterocycles. The normalized spacial score (nSPS) is 12.3. The van der Waals surface area contributed by atoms with Gasteiger partial charge in [0.2, 0.25) is 0 Å². The van der Waals surface area contributed by atoms with Gasteiger partial charge in [0.15, 0.2) is 5.82 Å². The zero-order chi connectivity index (χ0) is 18.6. The molecule has 0 saturated heterocycles. The third kappa shape index (κ3) is 3.85. The highest BCUT2D eigenvalue weighted by Crippen LogP contribution is 2.42. The van der Waals surface area contributed by atoms with Crippen molar-refractivity contribution in [2.75, 3.05) is 11.9 Å². The molecule has 1 aliphatic heterocycles. The molecule has 4 rings (SSSR count). The van der Waals surface area contributed by atoms with Gasteiger partial charge in [-0.05, 0) is 30.7 Å². The van der Waals surface area contributed by atoms with Gasteiger partial charge in [-0.2, -0.15) is 0 Å². The van der Waals surface area contributed by atoms with E-state index in [1.807, 2.05) is 10.8 Å². The first kappa shape index (κ1) is 17.3. The molecule has 0 bridgehead atoms. The van der Waals surface area contributed by atoms with Gasteiger partial charge >= 0.3 is 5.97 Å². The quantitative estimate of drug-likeness (QED) is 0.420. The Morgan fingerprint density at radius 1 is 1.26 bits per heavy atom. The lowest BCUT2D eigenvalue weighted by molar-refractivity contribution is -0.137. The predicted octanol–water partition coefficient (Wildman–Crippen LogP) is 3.51. The van der Waals surface area contributed by atoms with Crippen molar-refractivity contribution < 1.29 is 9.53 Å². The minimum Gasteiger partial charge on any atom is -0.463 e. The number of imidazole rings is 1. The van der Waals surface area contributed by atoms with Crippen LogP contribution < -0.4 is 5.32 Å². The SMILES string of the molecule is CCOC(=O)C=Cc1nccn1Cc1ccc2c(c1)Nc1nccnc1S2. The Hall–Kier alpha value is -3.13. The first-order valence-corrected chi connectivity index (χ1v) is 9.29. The van der Waals surface area contributed by atoms with Crippen molar-refractivity contribution in [2.24, 2.45) is 0 Å². The van der Waals surface area contributed by atoms with Gasteiger partial charge in [-0.1, -0.05) is 17.8 Å². The summed E-state index contributed by atoms with van der Waals surface area (Å²) in [5, 5.41) is 4.21. The number of fused-ring (bicyclic) bond motifs is 2. The second kappa shape index (κ2) is 7.63. The molecule has 136 valence electrons. The van der Waals surface area contributed by atoms with Crippen LogP contribution >= 0.6 is 11.8 Å². The Kier molecular flexibility index (Phi) is 4.88. The smallest absolute Gasteiger partial charge is 0.330 e. The van der Waals surface area contributed by atoms with Crippen molar-refractivity contribution in [3.05, 3.63) is 60.5 Å². The maximum absolute atomic E-state index is 11.5. The fourth-order valence-electron chi connectivity index (χ4n) is 2.72. The second-order valence-electron chi connectivity index (χ2n) is 5.77. The topological polar surface area (TPSA) is 81.9 Å². The average molecular weight is 379 g/mol. The third-order valence-electron chi connectivity index (χ3n) is 3.92. The van der Waals surface area contributed by atoms with Crippen LogP contribution in [-0.2, 0) is 16.1 Å². The first-order valence-electron chi connectivity index (χ1n) is 8.47. The van der Waals surface area contributed by atoms with E-state index in [4.69, 9.17) is 4.74 Å². The number of esters is 1. The number of hydrogen-bond acceptors (Lipinski definition) is 7. The molecule has 0 amide bonds. The Labute approximate surface area is 160 Å². The highest BCUT2D eigenvalue weighted by molar-refractivity contribution is 7.99. The van der Waals surface area contributed by atoms with E-state index in [-0.39, 0.29) is 5.97 Å². The molecule has 0 fully saturated rings. The molecule has 1 aromatic carbocycles. The van der Waals surface area contributed by atoms with Gasteiger partial charge in [0.25, 0.3) is 0 Å². The van der Waals surface area contributed by atoms with Crippen molar-refractivity contribution in [1.29, 1.82) is 0 Å². The standard InChI is InChI=1S/C19H17N5O2S/c1-2-26-17(25)6-5-16-20-9-10-24(16)12-13-3-4-15-14(11-13)23-18-19(27-15)22-8-7-21-18/h3-11H,2,12H2,1H3,(H,21,23). The molecule has 27 heavy (non-hydrogen) atoms. The number of anilines is 2. The monoisotopic (exact) mass is 379 g/mol. The number of benzene rings is 1. The maximum atomic E-state index is 11.5. The van der Waals surface area contributed by atoms with Crippen LogP contribution in [0.4, 0.5) is 11.5 Å². The number of rotatable bonds is 5. The number of nitrogens with one attached hydrogen (secondary N) is 1. The van der Waals surface area contributed by atoms with Gasteiger partial charge in [-0.15, -0.1) is 0 Å². The number of aromatic nitrogens is 4. The van der Waals surface area contributed by atoms with E-state index in [1.54, 1.807) is 43.4 Å². The summed E-state index contributed by atoms with van der Waals surface area (Å²) in [5.41, 5.74) is 2.12. The summed E-state index contributed by atoms with van der Waals surface area (Å²) in [6, 6.07) is 6.25. The van der Waals surface area contributed by atoms with E-state index in [0.717, 1.165) is 27.0 Å². The molecule has 0 spiro atoms. The summed E-state index contributed by atoms with van der Waals surface area (Å²) >= 11 is 1.60. The fraction of sp³-hybridized carbons (Fsp3) is 0.158.